The van der Waals surface area contributed by atoms with Gasteiger partial charge < -0.3 is 44.5 Å². The average molecular weight is 1310 g/mol. The van der Waals surface area contributed by atoms with E-state index in [1.165, 1.54) is 24.2 Å². The number of carbonyl (C=O) groups excluding carboxylic acids is 4. The second-order valence-electron chi connectivity index (χ2n) is 26.5. The Bertz CT molecular complexity index is 4120. The third-order valence-electron chi connectivity index (χ3n) is 19.3. The molecule has 19 nitrogen and oxygen atoms in total. The number of alkyl halides is 1. The van der Waals surface area contributed by atoms with Crippen LogP contribution in [0.5, 0.6) is 17.2 Å². The molecule has 97 heavy (non-hydrogen) atoms. The Morgan fingerprint density at radius 2 is 1.01 bits per heavy atom. The Labute approximate surface area is 565 Å². The van der Waals surface area contributed by atoms with Gasteiger partial charge in [0.1, 0.15) is 59.6 Å². The van der Waals surface area contributed by atoms with Crippen LogP contribution >= 0.6 is 0 Å². The molecule has 0 radical (unpaired) electrons. The zero-order chi connectivity index (χ0) is 67.4. The molecule has 4 aliphatic carbocycles. The van der Waals surface area contributed by atoms with E-state index in [-0.39, 0.29) is 84.3 Å². The van der Waals surface area contributed by atoms with Crippen LogP contribution < -0.4 is 30.2 Å². The van der Waals surface area contributed by atoms with Crippen molar-refractivity contribution in [3.63, 3.8) is 0 Å². The first-order valence-electron chi connectivity index (χ1n) is 34.1. The second-order valence-corrected chi connectivity index (χ2v) is 26.5. The fourth-order valence-corrected chi connectivity index (χ4v) is 13.2. The Morgan fingerprint density at radius 3 is 1.44 bits per heavy atom. The number of aromatic amines is 1. The lowest BCUT2D eigenvalue weighted by Crippen LogP contribution is -2.49. The number of halogens is 1. The fraction of sp³-hybridized carbons (Fsp3) is 0.416. The third-order valence-corrected chi connectivity index (χ3v) is 19.3. The van der Waals surface area contributed by atoms with Gasteiger partial charge in [0.2, 0.25) is 23.5 Å². The summed E-state index contributed by atoms with van der Waals surface area (Å²) in [5.41, 5.74) is 9.04. The standard InChI is InChI=1S/C27H27FN6O3.C25H26N2O3.C25H28N2O3/c1-15-10-21(15)26(35)31-20-5-3-4-17(12-20)18-6-7-23(19(11-18)13-29)37-24-8-9-34(14-22(24)28)27(36)25-30-16(2)32-33-25;26-15-19-12-18(6-7-24(19)30-21-8-10-29-11-9-21)17-2-1-3-20(13-17)27-25(28)23-14-22(23)16-4-5-16;26-17-21-15-20(9-10-24(21)30-23-11-13-29-14-12-23)19-7-4-8-22(16-19)27-25(28)18-5-2-1-3-6-18/h3-7,11-12,15,21-22,24H,8-10,14H2,1-2H3,(H,31,35)(H,30,32,33);1-3,6-7,12-13,16,21-23H,4-5,8-11,14H2,(H,27,28);4,7-10,15-16,18,23H,1-3,5-6,11-14H2,(H,27,28)/t15?,21?,22-,24+;22-,23+;/m11./s1. The van der Waals surface area contributed by atoms with Crippen molar-refractivity contribution in [1.29, 1.82) is 15.8 Å². The van der Waals surface area contributed by atoms with Crippen molar-refractivity contribution in [1.82, 2.24) is 20.1 Å². The number of amides is 4. The van der Waals surface area contributed by atoms with Crippen molar-refractivity contribution in [2.75, 3.05) is 55.5 Å². The van der Waals surface area contributed by atoms with Gasteiger partial charge in [-0.1, -0.05) is 80.8 Å². The number of nitrogens with zero attached hydrogens (tertiary/aromatic N) is 6. The number of hydrogen-bond acceptors (Lipinski definition) is 14. The van der Waals surface area contributed by atoms with Crippen LogP contribution in [0.2, 0.25) is 0 Å². The monoisotopic (exact) mass is 1310 g/mol. The molecule has 0 bridgehead atoms. The van der Waals surface area contributed by atoms with Gasteiger partial charge in [0, 0.05) is 73.5 Å². The maximum Gasteiger partial charge on any atom is 0.293 e. The normalized spacial score (nSPS) is 21.4. The number of piperidine rings is 1. The van der Waals surface area contributed by atoms with Gasteiger partial charge in [-0.15, -0.1) is 5.10 Å². The number of ether oxygens (including phenoxy) is 5. The maximum atomic E-state index is 15.0. The van der Waals surface area contributed by atoms with Gasteiger partial charge in [0.25, 0.3) is 5.91 Å². The molecule has 4 amide bonds. The Hall–Kier alpha value is -9.94. The van der Waals surface area contributed by atoms with E-state index in [0.29, 0.717) is 72.4 Å². The number of nitriles is 3. The van der Waals surface area contributed by atoms with E-state index in [2.05, 4.69) is 56.3 Å². The van der Waals surface area contributed by atoms with Crippen LogP contribution in [0.15, 0.2) is 127 Å². The lowest BCUT2D eigenvalue weighted by molar-refractivity contribution is -0.121. The lowest BCUT2D eigenvalue weighted by Gasteiger charge is -2.34. The largest absolute Gasteiger partial charge is 0.489 e. The van der Waals surface area contributed by atoms with Gasteiger partial charge in [0.15, 0.2) is 6.17 Å². The number of carbonyl (C=O) groups is 4. The van der Waals surface area contributed by atoms with Crippen LogP contribution in [-0.4, -0.2) is 108 Å². The fourth-order valence-electron chi connectivity index (χ4n) is 13.2. The summed E-state index contributed by atoms with van der Waals surface area (Å²) in [6.07, 6.45) is 11.6. The Kier molecular flexibility index (Phi) is 21.6. The number of likely N-dealkylation sites (tertiary alicyclic amines) is 1. The highest BCUT2D eigenvalue weighted by atomic mass is 19.1. The summed E-state index contributed by atoms with van der Waals surface area (Å²) >= 11 is 0. The summed E-state index contributed by atoms with van der Waals surface area (Å²) in [6.45, 7) is 6.68. The molecule has 4 saturated carbocycles. The van der Waals surface area contributed by atoms with Crippen LogP contribution in [0.1, 0.15) is 130 Å². The summed E-state index contributed by atoms with van der Waals surface area (Å²) in [4.78, 5) is 55.3. The van der Waals surface area contributed by atoms with E-state index in [1.807, 2.05) is 109 Å². The molecule has 4 N–H and O–H groups in total. The molecular weight excluding hydrogens is 1230 g/mol. The lowest BCUT2D eigenvalue weighted by atomic mass is 9.88. The van der Waals surface area contributed by atoms with Crippen LogP contribution in [0.3, 0.4) is 0 Å². The van der Waals surface area contributed by atoms with E-state index in [1.54, 1.807) is 25.1 Å². The summed E-state index contributed by atoms with van der Waals surface area (Å²) in [7, 11) is 0. The minimum atomic E-state index is -1.43. The predicted molar refractivity (Wildman–Crippen MR) is 364 cm³/mol. The number of anilines is 3. The molecule has 14 rings (SSSR count). The first-order chi connectivity index (χ1) is 47.2. The zero-order valence-electron chi connectivity index (χ0n) is 54.8. The molecule has 20 heteroatoms. The average Bonchev–Trinajstić information content (AvgIpc) is 1.64. The van der Waals surface area contributed by atoms with Crippen LogP contribution in [0.25, 0.3) is 33.4 Å². The van der Waals surface area contributed by atoms with Gasteiger partial charge in [-0.05, 0) is 169 Å². The Morgan fingerprint density at radius 1 is 0.557 bits per heavy atom. The van der Waals surface area contributed by atoms with Gasteiger partial charge in [-0.25, -0.2) is 9.37 Å². The van der Waals surface area contributed by atoms with E-state index < -0.39 is 18.2 Å². The van der Waals surface area contributed by atoms with Gasteiger partial charge >= 0.3 is 0 Å². The minimum Gasteiger partial charge on any atom is -0.489 e. The number of aromatic nitrogens is 3. The SMILES string of the molecule is Cc1nc(C(=O)N2CC[C@H](Oc3ccc(-c4cccc(NC(=O)C5CC5C)c4)cc3C#N)[C@H](F)C2)n[nH]1.N#Cc1cc(-c2cccc(NC(=O)C3CCCCC3)c2)ccc1OC1CCOCC1.N#Cc1cc(-c2cccc(NC(=O)[C@H]3C[C@@H]3C3CC3)c2)ccc1OC1CCOCC1. The summed E-state index contributed by atoms with van der Waals surface area (Å²) < 4.78 is 43.8. The number of nitrogens with one attached hydrogen (secondary N) is 4. The molecule has 7 aliphatic rings. The first-order valence-corrected chi connectivity index (χ1v) is 34.1. The maximum absolute atomic E-state index is 15.0. The molecule has 2 unspecified atom stereocenters. The van der Waals surface area contributed by atoms with Crippen molar-refractivity contribution in [3.05, 3.63) is 156 Å². The number of rotatable bonds is 17. The van der Waals surface area contributed by atoms with Crippen molar-refractivity contribution in [2.45, 2.75) is 128 Å². The van der Waals surface area contributed by atoms with Gasteiger partial charge in [-0.3, -0.25) is 24.3 Å². The molecule has 500 valence electrons. The van der Waals surface area contributed by atoms with Gasteiger partial charge in [0.05, 0.1) is 49.7 Å². The molecule has 0 spiro atoms. The van der Waals surface area contributed by atoms with E-state index in [4.69, 9.17) is 23.7 Å². The van der Waals surface area contributed by atoms with E-state index >= 15 is 0 Å². The highest BCUT2D eigenvalue weighted by molar-refractivity contribution is 5.96. The molecule has 7 aromatic rings. The molecule has 3 aliphatic heterocycles. The molecule has 1 aromatic heterocycles. The number of H-pyrrole nitrogens is 1. The highest BCUT2D eigenvalue weighted by Gasteiger charge is 2.51. The molecule has 3 saturated heterocycles. The number of hydrogen-bond donors (Lipinski definition) is 4. The van der Waals surface area contributed by atoms with Crippen molar-refractivity contribution in [2.24, 2.45) is 35.5 Å². The van der Waals surface area contributed by atoms with Crippen LogP contribution in [-0.2, 0) is 23.9 Å². The number of benzene rings is 6. The van der Waals surface area contributed by atoms with Gasteiger partial charge in [-0.2, -0.15) is 15.8 Å². The third kappa shape index (κ3) is 17.6. The minimum absolute atomic E-state index is 0.0113. The zero-order valence-corrected chi connectivity index (χ0v) is 54.8. The van der Waals surface area contributed by atoms with Crippen molar-refractivity contribution < 1.29 is 47.3 Å². The van der Waals surface area contributed by atoms with Crippen molar-refractivity contribution >= 4 is 40.7 Å². The van der Waals surface area contributed by atoms with Crippen molar-refractivity contribution in [3.8, 4) is 68.8 Å². The molecule has 6 aromatic carbocycles. The molecule has 7 fully saturated rings. The van der Waals surface area contributed by atoms with Crippen LogP contribution in [0.4, 0.5) is 21.5 Å². The molecular formula is C77H81FN10O9. The first kappa shape index (κ1) is 67.1. The van der Waals surface area contributed by atoms with Crippen LogP contribution in [0, 0.1) is 76.4 Å². The Balaban J connectivity index is 0.000000140. The van der Waals surface area contributed by atoms with E-state index in [0.717, 1.165) is 115 Å². The number of aryl methyl sites for hydroxylation is 1. The molecule has 6 atom stereocenters. The summed E-state index contributed by atoms with van der Waals surface area (Å²) in [6, 6.07) is 46.3. The summed E-state index contributed by atoms with van der Waals surface area (Å²) in [5, 5.41) is 44.6. The predicted octanol–water partition coefficient (Wildman–Crippen LogP) is 13.9. The smallest absolute Gasteiger partial charge is 0.293 e. The highest BCUT2D eigenvalue weighted by Crippen LogP contribution is 2.54. The summed E-state index contributed by atoms with van der Waals surface area (Å²) in [5.74, 6) is 4.09. The van der Waals surface area contributed by atoms with E-state index in [9.17, 15) is 39.4 Å². The second kappa shape index (κ2) is 31.3. The molecule has 4 heterocycles. The quantitative estimate of drug-likeness (QED) is 0.0661. The topological polar surface area (TPSA) is 267 Å².